The average molecular weight is 405 g/mol. The Bertz CT molecular complexity index is 557. The molecule has 0 amide bonds. The van der Waals surface area contributed by atoms with E-state index in [2.05, 4.69) is 47.4 Å². The summed E-state index contributed by atoms with van der Waals surface area (Å²) in [5.74, 6) is 5.71. The zero-order valence-electron chi connectivity index (χ0n) is 10.9. The van der Waals surface area contributed by atoms with E-state index in [4.69, 9.17) is 10.6 Å². The fourth-order valence-corrected chi connectivity index (χ4v) is 2.64. The third kappa shape index (κ3) is 3.44. The first kappa shape index (κ1) is 15.6. The van der Waals surface area contributed by atoms with Crippen LogP contribution in [0.2, 0.25) is 0 Å². The minimum atomic E-state index is -0.253. The number of nitrogens with two attached hydrogens (primary N) is 1. The lowest BCUT2D eigenvalue weighted by molar-refractivity contribution is 0.182. The van der Waals surface area contributed by atoms with E-state index in [0.29, 0.717) is 13.2 Å². The number of pyridine rings is 1. The second-order valence-corrected chi connectivity index (χ2v) is 5.86. The van der Waals surface area contributed by atoms with Crippen LogP contribution in [0.4, 0.5) is 0 Å². The number of hydrogen-bond donors (Lipinski definition) is 2. The molecule has 1 atom stereocenters. The largest absolute Gasteiger partial charge is 0.383 e. The topological polar surface area (TPSA) is 78.0 Å². The minimum absolute atomic E-state index is 0.253. The second kappa shape index (κ2) is 7.28. The SMILES string of the molecule is COCCn1ncc(Br)c1C(NN)c1ccc(Br)cn1. The highest BCUT2D eigenvalue weighted by Gasteiger charge is 2.21. The third-order valence-corrected chi connectivity index (χ3v) is 3.91. The van der Waals surface area contributed by atoms with Crippen molar-refractivity contribution in [2.75, 3.05) is 13.7 Å². The van der Waals surface area contributed by atoms with E-state index < -0.39 is 0 Å². The zero-order chi connectivity index (χ0) is 14.5. The highest BCUT2D eigenvalue weighted by atomic mass is 79.9. The van der Waals surface area contributed by atoms with E-state index in [1.54, 1.807) is 19.5 Å². The number of hydrazine groups is 1. The number of nitrogens with zero attached hydrogens (tertiary/aromatic N) is 3. The smallest absolute Gasteiger partial charge is 0.106 e. The van der Waals surface area contributed by atoms with E-state index in [1.807, 2.05) is 16.8 Å². The Kier molecular flexibility index (Phi) is 5.67. The molecule has 0 aromatic carbocycles. The van der Waals surface area contributed by atoms with Crippen LogP contribution in [0.5, 0.6) is 0 Å². The van der Waals surface area contributed by atoms with Crippen LogP contribution in [-0.2, 0) is 11.3 Å². The molecule has 6 nitrogen and oxygen atoms in total. The van der Waals surface area contributed by atoms with Gasteiger partial charge in [0.25, 0.3) is 0 Å². The van der Waals surface area contributed by atoms with Crippen molar-refractivity contribution < 1.29 is 4.74 Å². The first-order valence-corrected chi connectivity index (χ1v) is 7.53. The van der Waals surface area contributed by atoms with Crippen molar-refractivity contribution in [2.45, 2.75) is 12.6 Å². The van der Waals surface area contributed by atoms with Gasteiger partial charge in [0.2, 0.25) is 0 Å². The Hall–Kier alpha value is -0.800. The lowest BCUT2D eigenvalue weighted by atomic mass is 10.1. The molecule has 2 heterocycles. The van der Waals surface area contributed by atoms with Crippen LogP contribution in [0.15, 0.2) is 33.5 Å². The van der Waals surface area contributed by atoms with Gasteiger partial charge in [-0.2, -0.15) is 5.10 Å². The molecule has 1 unspecified atom stereocenters. The van der Waals surface area contributed by atoms with E-state index in [9.17, 15) is 0 Å². The summed E-state index contributed by atoms with van der Waals surface area (Å²) < 4.78 is 8.74. The van der Waals surface area contributed by atoms with Crippen molar-refractivity contribution in [1.29, 1.82) is 0 Å². The molecule has 2 aromatic rings. The van der Waals surface area contributed by atoms with E-state index in [1.165, 1.54) is 0 Å². The Morgan fingerprint density at radius 2 is 2.20 bits per heavy atom. The van der Waals surface area contributed by atoms with Gasteiger partial charge < -0.3 is 4.74 Å². The van der Waals surface area contributed by atoms with Crippen molar-refractivity contribution in [1.82, 2.24) is 20.2 Å². The third-order valence-electron chi connectivity index (χ3n) is 2.83. The Morgan fingerprint density at radius 3 is 2.80 bits per heavy atom. The van der Waals surface area contributed by atoms with Crippen LogP contribution in [0.1, 0.15) is 17.4 Å². The zero-order valence-corrected chi connectivity index (χ0v) is 14.1. The van der Waals surface area contributed by atoms with Gasteiger partial charge in [-0.05, 0) is 44.0 Å². The Morgan fingerprint density at radius 1 is 1.40 bits per heavy atom. The number of halogens is 2. The summed E-state index contributed by atoms with van der Waals surface area (Å²) in [7, 11) is 1.66. The number of nitrogens with one attached hydrogen (secondary N) is 1. The molecule has 0 radical (unpaired) electrons. The Balaban J connectivity index is 2.35. The maximum atomic E-state index is 5.71. The minimum Gasteiger partial charge on any atom is -0.383 e. The van der Waals surface area contributed by atoms with Crippen LogP contribution in [-0.4, -0.2) is 28.5 Å². The van der Waals surface area contributed by atoms with Crippen molar-refractivity contribution in [3.63, 3.8) is 0 Å². The molecule has 0 saturated heterocycles. The Labute approximate surface area is 133 Å². The lowest BCUT2D eigenvalue weighted by Crippen LogP contribution is -2.32. The van der Waals surface area contributed by atoms with E-state index in [0.717, 1.165) is 20.3 Å². The highest BCUT2D eigenvalue weighted by molar-refractivity contribution is 9.10. The molecule has 0 aliphatic heterocycles. The monoisotopic (exact) mass is 403 g/mol. The second-order valence-electron chi connectivity index (χ2n) is 4.09. The summed E-state index contributed by atoms with van der Waals surface area (Å²) in [5.41, 5.74) is 4.52. The van der Waals surface area contributed by atoms with Crippen molar-refractivity contribution in [2.24, 2.45) is 5.84 Å². The normalized spacial score (nSPS) is 12.6. The fraction of sp³-hybridized carbons (Fsp3) is 0.333. The molecule has 0 fully saturated rings. The van der Waals surface area contributed by atoms with Gasteiger partial charge in [0.15, 0.2) is 0 Å². The van der Waals surface area contributed by atoms with Gasteiger partial charge in [-0.3, -0.25) is 15.5 Å². The first-order valence-electron chi connectivity index (χ1n) is 5.95. The molecule has 0 saturated carbocycles. The van der Waals surface area contributed by atoms with Crippen LogP contribution < -0.4 is 11.3 Å². The van der Waals surface area contributed by atoms with Crippen molar-refractivity contribution in [3.05, 3.63) is 44.9 Å². The van der Waals surface area contributed by atoms with Crippen LogP contribution >= 0.6 is 31.9 Å². The molecule has 0 bridgehead atoms. The van der Waals surface area contributed by atoms with Gasteiger partial charge in [-0.25, -0.2) is 5.43 Å². The van der Waals surface area contributed by atoms with Crippen molar-refractivity contribution in [3.8, 4) is 0 Å². The highest BCUT2D eigenvalue weighted by Crippen LogP contribution is 2.27. The first-order chi connectivity index (χ1) is 9.67. The summed E-state index contributed by atoms with van der Waals surface area (Å²) in [6.07, 6.45) is 3.48. The van der Waals surface area contributed by atoms with Gasteiger partial charge in [-0.1, -0.05) is 0 Å². The maximum Gasteiger partial charge on any atom is 0.106 e. The number of aromatic nitrogens is 3. The quantitative estimate of drug-likeness (QED) is 0.568. The molecule has 3 N–H and O–H groups in total. The molecular weight excluding hydrogens is 390 g/mol. The van der Waals surface area contributed by atoms with Gasteiger partial charge >= 0.3 is 0 Å². The molecule has 2 rings (SSSR count). The predicted molar refractivity (Wildman–Crippen MR) is 82.9 cm³/mol. The number of hydrogen-bond acceptors (Lipinski definition) is 5. The van der Waals surface area contributed by atoms with Crippen LogP contribution in [0.25, 0.3) is 0 Å². The number of rotatable bonds is 6. The van der Waals surface area contributed by atoms with Gasteiger partial charge in [0.1, 0.15) is 6.04 Å². The molecule has 0 spiro atoms. The summed E-state index contributed by atoms with van der Waals surface area (Å²) in [6, 6.07) is 3.59. The predicted octanol–water partition coefficient (Wildman–Crippen LogP) is 2.00. The maximum absolute atomic E-state index is 5.71. The summed E-state index contributed by atoms with van der Waals surface area (Å²) in [6.45, 7) is 1.22. The average Bonchev–Trinajstić information content (AvgIpc) is 2.81. The van der Waals surface area contributed by atoms with Crippen LogP contribution in [0.3, 0.4) is 0 Å². The standard InChI is InChI=1S/C12H15Br2N5O/c1-20-5-4-19-12(9(14)7-17-19)11(18-15)10-3-2-8(13)6-16-10/h2-3,6-7,11,18H,4-5,15H2,1H3. The molecule has 108 valence electrons. The van der Waals surface area contributed by atoms with Gasteiger partial charge in [-0.15, -0.1) is 0 Å². The fourth-order valence-electron chi connectivity index (χ4n) is 1.88. The van der Waals surface area contributed by atoms with E-state index >= 15 is 0 Å². The number of ether oxygens (including phenoxy) is 1. The summed E-state index contributed by atoms with van der Waals surface area (Å²) in [4.78, 5) is 4.39. The molecule has 0 aliphatic carbocycles. The molecule has 0 aliphatic rings. The number of methoxy groups -OCH3 is 1. The molecule has 8 heteroatoms. The molecular formula is C12H15Br2N5O. The summed E-state index contributed by atoms with van der Waals surface area (Å²) >= 11 is 6.88. The molecule has 2 aromatic heterocycles. The van der Waals surface area contributed by atoms with E-state index in [-0.39, 0.29) is 6.04 Å². The van der Waals surface area contributed by atoms with Gasteiger partial charge in [0, 0.05) is 17.8 Å². The van der Waals surface area contributed by atoms with Crippen LogP contribution in [0, 0.1) is 0 Å². The van der Waals surface area contributed by atoms with Gasteiger partial charge in [0.05, 0.1) is 35.2 Å². The van der Waals surface area contributed by atoms with Crippen molar-refractivity contribution >= 4 is 31.9 Å². The lowest BCUT2D eigenvalue weighted by Gasteiger charge is -2.18. The molecule has 20 heavy (non-hydrogen) atoms. The summed E-state index contributed by atoms with van der Waals surface area (Å²) in [5, 5.41) is 4.32.